The minimum atomic E-state index is 0.0419. The van der Waals surface area contributed by atoms with Crippen LogP contribution in [0.1, 0.15) is 31.3 Å². The van der Waals surface area contributed by atoms with E-state index in [0.717, 1.165) is 26.2 Å². The molecule has 1 fully saturated rings. The molecule has 100 valence electrons. The highest BCUT2D eigenvalue weighted by Crippen LogP contribution is 2.17. The lowest BCUT2D eigenvalue weighted by molar-refractivity contribution is 0.0447. The highest BCUT2D eigenvalue weighted by atomic mass is 16.2. The van der Waals surface area contributed by atoms with E-state index in [1.54, 1.807) is 12.3 Å². The Bertz CT molecular complexity index is 424. The molecule has 1 aliphatic rings. The van der Waals surface area contributed by atoms with Crippen molar-refractivity contribution in [2.45, 2.75) is 26.3 Å². The molecule has 0 radical (unpaired) electrons. The topological polar surface area (TPSA) is 65.4 Å². The summed E-state index contributed by atoms with van der Waals surface area (Å²) in [5.74, 6) is 0.0419. The molecule has 0 aromatic carbocycles. The lowest BCUT2D eigenvalue weighted by Crippen LogP contribution is -2.54. The molecule has 5 nitrogen and oxygen atoms in total. The number of rotatable bonds is 1. The Labute approximate surface area is 108 Å². The number of nitrogens with one attached hydrogen (secondary N) is 1. The highest BCUT2D eigenvalue weighted by Gasteiger charge is 2.28. The number of nitrogens with zero attached hydrogens (tertiary/aromatic N) is 2. The molecular weight excluding hydrogens is 228 g/mol. The molecule has 0 aliphatic carbocycles. The third-order valence-electron chi connectivity index (χ3n) is 3.45. The van der Waals surface area contributed by atoms with Crippen molar-refractivity contribution in [3.8, 4) is 0 Å². The maximum Gasteiger partial charge on any atom is 0.270 e. The van der Waals surface area contributed by atoms with Crippen molar-refractivity contribution in [2.24, 2.45) is 0 Å². The minimum absolute atomic E-state index is 0.0419. The van der Waals surface area contributed by atoms with Crippen LogP contribution in [0.5, 0.6) is 0 Å². The molecule has 0 spiro atoms. The maximum atomic E-state index is 12.2. The first-order valence-electron chi connectivity index (χ1n) is 6.36. The first kappa shape index (κ1) is 13.0. The summed E-state index contributed by atoms with van der Waals surface area (Å²) in [6, 6.07) is 1.69. The van der Waals surface area contributed by atoms with Gasteiger partial charge in [-0.3, -0.25) is 9.69 Å². The van der Waals surface area contributed by atoms with Crippen LogP contribution in [0.15, 0.2) is 12.3 Å². The van der Waals surface area contributed by atoms with Gasteiger partial charge in [-0.2, -0.15) is 0 Å². The van der Waals surface area contributed by atoms with Gasteiger partial charge < -0.3 is 15.6 Å². The number of nitrogens with two attached hydrogens (primary N) is 1. The number of carbonyl (C=O) groups is 1. The molecular formula is C13H22N4O. The van der Waals surface area contributed by atoms with Gasteiger partial charge in [-0.1, -0.05) is 0 Å². The van der Waals surface area contributed by atoms with Crippen LogP contribution >= 0.6 is 0 Å². The van der Waals surface area contributed by atoms with E-state index in [1.165, 1.54) is 0 Å². The van der Waals surface area contributed by atoms with Gasteiger partial charge in [-0.05, 0) is 26.8 Å². The number of nitrogen functional groups attached to an aromatic ring is 1. The number of anilines is 1. The highest BCUT2D eigenvalue weighted by molar-refractivity contribution is 5.93. The second-order valence-corrected chi connectivity index (χ2v) is 5.80. The third-order valence-corrected chi connectivity index (χ3v) is 3.45. The van der Waals surface area contributed by atoms with Crippen LogP contribution in [0.3, 0.4) is 0 Å². The fraction of sp³-hybridized carbons (Fsp3) is 0.615. The number of hydrogen-bond donors (Lipinski definition) is 2. The molecule has 1 aliphatic heterocycles. The second-order valence-electron chi connectivity index (χ2n) is 5.80. The average Bonchev–Trinajstić information content (AvgIpc) is 2.74. The molecule has 2 rings (SSSR count). The van der Waals surface area contributed by atoms with Gasteiger partial charge in [0.05, 0.1) is 0 Å². The summed E-state index contributed by atoms with van der Waals surface area (Å²) in [4.78, 5) is 19.4. The van der Waals surface area contributed by atoms with Crippen molar-refractivity contribution in [3.05, 3.63) is 18.0 Å². The summed E-state index contributed by atoms with van der Waals surface area (Å²) in [7, 11) is 0. The molecule has 2 heterocycles. The Balaban J connectivity index is 1.96. The predicted octanol–water partition coefficient (Wildman–Crippen LogP) is 1.15. The Kier molecular flexibility index (Phi) is 3.34. The Morgan fingerprint density at radius 1 is 1.28 bits per heavy atom. The molecule has 5 heteroatoms. The first-order chi connectivity index (χ1) is 8.38. The first-order valence-corrected chi connectivity index (χ1v) is 6.36. The van der Waals surface area contributed by atoms with Crippen LogP contribution in [0.4, 0.5) is 5.69 Å². The van der Waals surface area contributed by atoms with Crippen molar-refractivity contribution in [2.75, 3.05) is 31.9 Å². The van der Waals surface area contributed by atoms with Crippen LogP contribution in [-0.4, -0.2) is 52.4 Å². The van der Waals surface area contributed by atoms with Crippen LogP contribution < -0.4 is 5.73 Å². The number of H-pyrrole nitrogens is 1. The second kappa shape index (κ2) is 4.65. The van der Waals surface area contributed by atoms with E-state index in [9.17, 15) is 4.79 Å². The van der Waals surface area contributed by atoms with Crippen molar-refractivity contribution in [1.29, 1.82) is 0 Å². The fourth-order valence-electron chi connectivity index (χ4n) is 2.29. The van der Waals surface area contributed by atoms with E-state index in [4.69, 9.17) is 5.73 Å². The number of aromatic amines is 1. The molecule has 18 heavy (non-hydrogen) atoms. The van der Waals surface area contributed by atoms with Crippen molar-refractivity contribution in [1.82, 2.24) is 14.8 Å². The summed E-state index contributed by atoms with van der Waals surface area (Å²) in [6.45, 7) is 10.0. The number of aromatic nitrogens is 1. The van der Waals surface area contributed by atoms with Crippen LogP contribution in [-0.2, 0) is 0 Å². The lowest BCUT2D eigenvalue weighted by Gasteiger charge is -2.42. The molecule has 1 aromatic rings. The van der Waals surface area contributed by atoms with E-state index in [-0.39, 0.29) is 11.4 Å². The summed E-state index contributed by atoms with van der Waals surface area (Å²) < 4.78 is 0. The minimum Gasteiger partial charge on any atom is -0.397 e. The molecule has 0 atom stereocenters. The van der Waals surface area contributed by atoms with E-state index < -0.39 is 0 Å². The molecule has 0 saturated carbocycles. The zero-order valence-corrected chi connectivity index (χ0v) is 11.4. The Morgan fingerprint density at radius 2 is 1.89 bits per heavy atom. The maximum absolute atomic E-state index is 12.2. The van der Waals surface area contributed by atoms with Gasteiger partial charge in [-0.25, -0.2) is 0 Å². The summed E-state index contributed by atoms with van der Waals surface area (Å²) >= 11 is 0. The standard InChI is InChI=1S/C13H22N4O/c1-13(2,3)17-6-4-16(5-7-17)12(18)11-8-10(14)9-15-11/h8-9,15H,4-7,14H2,1-3H3. The van der Waals surface area contributed by atoms with E-state index in [0.29, 0.717) is 11.4 Å². The van der Waals surface area contributed by atoms with E-state index >= 15 is 0 Å². The van der Waals surface area contributed by atoms with Gasteiger partial charge in [0.15, 0.2) is 0 Å². The van der Waals surface area contributed by atoms with Gasteiger partial charge in [0.25, 0.3) is 5.91 Å². The van der Waals surface area contributed by atoms with Crippen LogP contribution in [0, 0.1) is 0 Å². The zero-order valence-electron chi connectivity index (χ0n) is 11.4. The van der Waals surface area contributed by atoms with Gasteiger partial charge in [0, 0.05) is 43.6 Å². The monoisotopic (exact) mass is 250 g/mol. The van der Waals surface area contributed by atoms with Crippen LogP contribution in [0.2, 0.25) is 0 Å². The number of piperazine rings is 1. The Hall–Kier alpha value is -1.49. The number of amides is 1. The number of carbonyl (C=O) groups excluding carboxylic acids is 1. The molecule has 0 unspecified atom stereocenters. The average molecular weight is 250 g/mol. The summed E-state index contributed by atoms with van der Waals surface area (Å²) in [6.07, 6.45) is 1.65. The summed E-state index contributed by atoms with van der Waals surface area (Å²) in [5.41, 5.74) is 6.97. The molecule has 0 bridgehead atoms. The molecule has 1 amide bonds. The van der Waals surface area contributed by atoms with Gasteiger partial charge in [0.1, 0.15) is 5.69 Å². The van der Waals surface area contributed by atoms with Crippen molar-refractivity contribution < 1.29 is 4.79 Å². The molecule has 3 N–H and O–H groups in total. The van der Waals surface area contributed by atoms with Gasteiger partial charge >= 0.3 is 0 Å². The van der Waals surface area contributed by atoms with Crippen LogP contribution in [0.25, 0.3) is 0 Å². The van der Waals surface area contributed by atoms with E-state index in [1.807, 2.05) is 4.90 Å². The van der Waals surface area contributed by atoms with Crippen molar-refractivity contribution in [3.63, 3.8) is 0 Å². The quantitative estimate of drug-likeness (QED) is 0.786. The number of hydrogen-bond acceptors (Lipinski definition) is 3. The summed E-state index contributed by atoms with van der Waals surface area (Å²) in [5, 5.41) is 0. The third kappa shape index (κ3) is 2.67. The lowest BCUT2D eigenvalue weighted by atomic mass is 10.0. The van der Waals surface area contributed by atoms with E-state index in [2.05, 4.69) is 30.7 Å². The zero-order chi connectivity index (χ0) is 13.3. The predicted molar refractivity (Wildman–Crippen MR) is 72.4 cm³/mol. The molecule has 1 saturated heterocycles. The Morgan fingerprint density at radius 3 is 2.33 bits per heavy atom. The van der Waals surface area contributed by atoms with Gasteiger partial charge in [0.2, 0.25) is 0 Å². The smallest absolute Gasteiger partial charge is 0.270 e. The van der Waals surface area contributed by atoms with Gasteiger partial charge in [-0.15, -0.1) is 0 Å². The molecule has 1 aromatic heterocycles. The van der Waals surface area contributed by atoms with Crippen molar-refractivity contribution >= 4 is 11.6 Å². The normalized spacial score (nSPS) is 18.1. The fourth-order valence-corrected chi connectivity index (χ4v) is 2.29. The largest absolute Gasteiger partial charge is 0.397 e. The SMILES string of the molecule is CC(C)(C)N1CCN(C(=O)c2cc(N)c[nH]2)CC1.